The predicted octanol–water partition coefficient (Wildman–Crippen LogP) is 2.60. The molecule has 0 aliphatic carbocycles. The van der Waals surface area contributed by atoms with Crippen molar-refractivity contribution in [1.29, 1.82) is 0 Å². The van der Waals surface area contributed by atoms with Crippen LogP contribution in [0, 0.1) is 0 Å². The van der Waals surface area contributed by atoms with Crippen LogP contribution in [0.15, 0.2) is 54.9 Å². The third-order valence-electron chi connectivity index (χ3n) is 3.48. The van der Waals surface area contributed by atoms with Gasteiger partial charge in [-0.2, -0.15) is 10.2 Å². The van der Waals surface area contributed by atoms with Gasteiger partial charge in [-0.25, -0.2) is 0 Å². The first-order chi connectivity index (χ1) is 11.3. The number of amides is 1. The van der Waals surface area contributed by atoms with Gasteiger partial charge in [0.15, 0.2) is 5.82 Å². The maximum Gasteiger partial charge on any atom is 0.274 e. The van der Waals surface area contributed by atoms with Gasteiger partial charge < -0.3 is 5.32 Å². The first-order valence-electron chi connectivity index (χ1n) is 7.01. The predicted molar refractivity (Wildman–Crippen MR) is 85.9 cm³/mol. The van der Waals surface area contributed by atoms with Gasteiger partial charge in [0.2, 0.25) is 0 Å². The molecule has 0 saturated heterocycles. The van der Waals surface area contributed by atoms with Crippen LogP contribution in [0.1, 0.15) is 10.5 Å². The Labute approximate surface area is 130 Å². The summed E-state index contributed by atoms with van der Waals surface area (Å²) in [4.78, 5) is 16.4. The smallest absolute Gasteiger partial charge is 0.274 e. The molecule has 7 heteroatoms. The lowest BCUT2D eigenvalue weighted by Gasteiger charge is -1.99. The van der Waals surface area contributed by atoms with E-state index in [0.717, 1.165) is 16.5 Å². The number of aromatic amines is 2. The highest BCUT2D eigenvalue weighted by atomic mass is 16.2. The lowest BCUT2D eigenvalue weighted by molar-refractivity contribution is 0.102. The molecule has 3 aromatic heterocycles. The van der Waals surface area contributed by atoms with Gasteiger partial charge in [0, 0.05) is 23.3 Å². The summed E-state index contributed by atoms with van der Waals surface area (Å²) in [5.74, 6) is 0.188. The second-order valence-electron chi connectivity index (χ2n) is 4.98. The van der Waals surface area contributed by atoms with Crippen molar-refractivity contribution < 1.29 is 4.79 Å². The number of hydrogen-bond donors (Lipinski definition) is 3. The number of rotatable bonds is 3. The number of fused-ring (bicyclic) bond motifs is 1. The van der Waals surface area contributed by atoms with Crippen molar-refractivity contribution in [3.8, 4) is 11.3 Å². The Morgan fingerprint density at radius 1 is 1.04 bits per heavy atom. The van der Waals surface area contributed by atoms with Gasteiger partial charge in [0.25, 0.3) is 5.91 Å². The number of anilines is 1. The fraction of sp³-hybridized carbons (Fsp3) is 0. The minimum Gasteiger partial charge on any atom is -0.303 e. The van der Waals surface area contributed by atoms with Gasteiger partial charge in [-0.05, 0) is 30.3 Å². The number of para-hydroxylation sites is 1. The zero-order chi connectivity index (χ0) is 15.6. The summed E-state index contributed by atoms with van der Waals surface area (Å²) in [5, 5.41) is 17.5. The molecule has 0 unspecified atom stereocenters. The molecule has 0 aliphatic heterocycles. The molecule has 0 spiro atoms. The summed E-state index contributed by atoms with van der Waals surface area (Å²) in [7, 11) is 0. The molecular formula is C16H12N6O. The molecule has 3 heterocycles. The zero-order valence-electron chi connectivity index (χ0n) is 11.9. The van der Waals surface area contributed by atoms with Crippen molar-refractivity contribution in [2.75, 3.05) is 5.32 Å². The van der Waals surface area contributed by atoms with Gasteiger partial charge >= 0.3 is 0 Å². The minimum atomic E-state index is -0.301. The molecule has 0 aliphatic rings. The van der Waals surface area contributed by atoms with E-state index in [2.05, 4.69) is 30.7 Å². The zero-order valence-corrected chi connectivity index (χ0v) is 11.9. The van der Waals surface area contributed by atoms with Crippen LogP contribution in [0.2, 0.25) is 0 Å². The van der Waals surface area contributed by atoms with Crippen LogP contribution in [-0.2, 0) is 0 Å². The fourth-order valence-corrected chi connectivity index (χ4v) is 2.33. The normalized spacial score (nSPS) is 10.8. The molecular weight excluding hydrogens is 292 g/mol. The summed E-state index contributed by atoms with van der Waals surface area (Å²) in [6.07, 6.45) is 3.38. The summed E-state index contributed by atoms with van der Waals surface area (Å²) in [6.45, 7) is 0. The number of nitrogens with one attached hydrogen (secondary N) is 3. The first kappa shape index (κ1) is 13.2. The molecule has 0 atom stereocenters. The molecule has 0 saturated carbocycles. The van der Waals surface area contributed by atoms with E-state index in [9.17, 15) is 4.79 Å². The first-order valence-corrected chi connectivity index (χ1v) is 7.01. The topological polar surface area (TPSA) is 99.3 Å². The van der Waals surface area contributed by atoms with Crippen LogP contribution in [0.4, 0.5) is 5.82 Å². The third-order valence-corrected chi connectivity index (χ3v) is 3.48. The Kier molecular flexibility index (Phi) is 3.09. The van der Waals surface area contributed by atoms with E-state index >= 15 is 0 Å². The van der Waals surface area contributed by atoms with Gasteiger partial charge in [-0.1, -0.05) is 12.1 Å². The minimum absolute atomic E-state index is 0.301. The van der Waals surface area contributed by atoms with Crippen molar-refractivity contribution in [3.63, 3.8) is 0 Å². The van der Waals surface area contributed by atoms with E-state index in [4.69, 9.17) is 0 Å². The molecule has 4 aromatic rings. The Bertz CT molecular complexity index is 972. The summed E-state index contributed by atoms with van der Waals surface area (Å²) < 4.78 is 0. The van der Waals surface area contributed by atoms with Crippen LogP contribution in [0.3, 0.4) is 0 Å². The monoisotopic (exact) mass is 304 g/mol. The molecule has 23 heavy (non-hydrogen) atoms. The largest absolute Gasteiger partial charge is 0.303 e. The van der Waals surface area contributed by atoms with E-state index in [-0.39, 0.29) is 5.91 Å². The average molecular weight is 304 g/mol. The number of benzene rings is 1. The average Bonchev–Trinajstić information content (AvgIpc) is 3.24. The lowest BCUT2D eigenvalue weighted by atomic mass is 10.2. The molecule has 1 amide bonds. The van der Waals surface area contributed by atoms with E-state index in [1.807, 2.05) is 36.4 Å². The molecule has 0 bridgehead atoms. The second-order valence-corrected chi connectivity index (χ2v) is 4.98. The van der Waals surface area contributed by atoms with Gasteiger partial charge in [-0.3, -0.25) is 20.0 Å². The van der Waals surface area contributed by atoms with Crippen molar-refractivity contribution in [3.05, 3.63) is 60.6 Å². The van der Waals surface area contributed by atoms with Crippen molar-refractivity contribution in [2.45, 2.75) is 0 Å². The van der Waals surface area contributed by atoms with Crippen molar-refractivity contribution >= 4 is 22.6 Å². The molecule has 112 valence electrons. The number of aromatic nitrogens is 5. The quantitative estimate of drug-likeness (QED) is 0.541. The summed E-state index contributed by atoms with van der Waals surface area (Å²) in [6, 6.07) is 13.0. The Hall–Kier alpha value is -3.48. The van der Waals surface area contributed by atoms with Crippen LogP contribution in [-0.4, -0.2) is 31.3 Å². The maximum absolute atomic E-state index is 12.3. The Morgan fingerprint density at radius 3 is 2.83 bits per heavy atom. The molecule has 7 nitrogen and oxygen atoms in total. The summed E-state index contributed by atoms with van der Waals surface area (Å²) >= 11 is 0. The van der Waals surface area contributed by atoms with E-state index in [1.54, 1.807) is 18.5 Å². The highest BCUT2D eigenvalue weighted by molar-refractivity contribution is 6.07. The Morgan fingerprint density at radius 2 is 1.96 bits per heavy atom. The number of hydrogen-bond acceptors (Lipinski definition) is 4. The molecule has 0 fully saturated rings. The van der Waals surface area contributed by atoms with E-state index in [1.165, 1.54) is 0 Å². The van der Waals surface area contributed by atoms with Crippen LogP contribution >= 0.6 is 0 Å². The van der Waals surface area contributed by atoms with Crippen LogP contribution < -0.4 is 5.32 Å². The highest BCUT2D eigenvalue weighted by Gasteiger charge is 2.14. The number of pyridine rings is 1. The van der Waals surface area contributed by atoms with E-state index in [0.29, 0.717) is 17.2 Å². The van der Waals surface area contributed by atoms with E-state index < -0.39 is 0 Å². The van der Waals surface area contributed by atoms with Gasteiger partial charge in [0.05, 0.1) is 11.2 Å². The summed E-state index contributed by atoms with van der Waals surface area (Å²) in [5.41, 5.74) is 2.72. The second kappa shape index (κ2) is 5.38. The molecule has 1 aromatic carbocycles. The lowest BCUT2D eigenvalue weighted by Crippen LogP contribution is -2.12. The fourth-order valence-electron chi connectivity index (χ4n) is 2.33. The third kappa shape index (κ3) is 2.44. The number of carbonyl (C=O) groups is 1. The molecule has 4 rings (SSSR count). The van der Waals surface area contributed by atoms with Crippen molar-refractivity contribution in [1.82, 2.24) is 25.4 Å². The van der Waals surface area contributed by atoms with Crippen LogP contribution in [0.5, 0.6) is 0 Å². The van der Waals surface area contributed by atoms with Crippen LogP contribution in [0.25, 0.3) is 22.2 Å². The Balaban J connectivity index is 1.59. The highest BCUT2D eigenvalue weighted by Crippen LogP contribution is 2.21. The maximum atomic E-state index is 12.3. The van der Waals surface area contributed by atoms with Gasteiger partial charge in [0.1, 0.15) is 5.69 Å². The SMILES string of the molecule is O=C(Nc1n[nH]c2ccccc12)c1cc(-c2cccnc2)n[nH]1. The number of H-pyrrole nitrogens is 2. The van der Waals surface area contributed by atoms with Crippen molar-refractivity contribution in [2.24, 2.45) is 0 Å². The number of carbonyl (C=O) groups excluding carboxylic acids is 1. The van der Waals surface area contributed by atoms with Gasteiger partial charge in [-0.15, -0.1) is 0 Å². The molecule has 0 radical (unpaired) electrons. The molecule has 3 N–H and O–H groups in total. The number of nitrogens with zero attached hydrogens (tertiary/aromatic N) is 3. The standard InChI is InChI=1S/C16H12N6O/c23-16(18-15-11-5-1-2-6-12(11)19-22-15)14-8-13(20-21-14)10-4-3-7-17-9-10/h1-9H,(H,20,21)(H2,18,19,22,23).